The lowest BCUT2D eigenvalue weighted by Crippen LogP contribution is -2.30. The van der Waals surface area contributed by atoms with E-state index in [1.807, 2.05) is 0 Å². The SMILES string of the molecule is CCCCC/C=C\C/C=C\C/C=C\CCCCCCCCC(=O)OC(COC(=O)CCCCCCCCC/C=C\C/C=C\CCCCC)COC(=O)CCCCCCCCCCCCCCCCCCCCCC. The van der Waals surface area contributed by atoms with Crippen molar-refractivity contribution < 1.29 is 28.6 Å². The highest BCUT2D eigenvalue weighted by Gasteiger charge is 2.19. The quantitative estimate of drug-likeness (QED) is 0.0261. The van der Waals surface area contributed by atoms with Gasteiger partial charge in [-0.2, -0.15) is 0 Å². The molecular weight excluding hydrogens is 913 g/mol. The zero-order valence-corrected chi connectivity index (χ0v) is 49.4. The molecule has 0 spiro atoms. The van der Waals surface area contributed by atoms with Gasteiger partial charge in [-0.05, 0) is 89.9 Å². The molecule has 0 aliphatic rings. The third-order valence-corrected chi connectivity index (χ3v) is 14.2. The van der Waals surface area contributed by atoms with Crippen LogP contribution < -0.4 is 0 Å². The molecule has 0 aromatic carbocycles. The van der Waals surface area contributed by atoms with Gasteiger partial charge < -0.3 is 14.2 Å². The monoisotopic (exact) mass is 1030 g/mol. The first kappa shape index (κ1) is 71.1. The minimum Gasteiger partial charge on any atom is -0.462 e. The van der Waals surface area contributed by atoms with Gasteiger partial charge in [-0.15, -0.1) is 0 Å². The maximum Gasteiger partial charge on any atom is 0.306 e. The molecule has 0 fully saturated rings. The number of hydrogen-bond donors (Lipinski definition) is 0. The first-order chi connectivity index (χ1) is 36.5. The number of carbonyl (C=O) groups is 3. The maximum atomic E-state index is 12.9. The van der Waals surface area contributed by atoms with Crippen LogP contribution in [0.25, 0.3) is 0 Å². The molecule has 1 unspecified atom stereocenters. The van der Waals surface area contributed by atoms with Gasteiger partial charge >= 0.3 is 17.9 Å². The van der Waals surface area contributed by atoms with Crippen LogP contribution in [0.5, 0.6) is 0 Å². The minimum atomic E-state index is -0.784. The Hall–Kier alpha value is -2.89. The second kappa shape index (κ2) is 62.6. The Morgan fingerprint density at radius 2 is 0.486 bits per heavy atom. The Morgan fingerprint density at radius 1 is 0.270 bits per heavy atom. The first-order valence-corrected chi connectivity index (χ1v) is 32.3. The van der Waals surface area contributed by atoms with Crippen LogP contribution in [0.1, 0.15) is 335 Å². The average Bonchev–Trinajstić information content (AvgIpc) is 3.40. The molecule has 6 heteroatoms. The predicted molar refractivity (Wildman–Crippen MR) is 321 cm³/mol. The van der Waals surface area contributed by atoms with Crippen molar-refractivity contribution in [2.24, 2.45) is 0 Å². The summed E-state index contributed by atoms with van der Waals surface area (Å²) in [6.45, 7) is 6.62. The summed E-state index contributed by atoms with van der Waals surface area (Å²) in [5.41, 5.74) is 0. The lowest BCUT2D eigenvalue weighted by molar-refractivity contribution is -0.167. The van der Waals surface area contributed by atoms with Crippen molar-refractivity contribution in [2.45, 2.75) is 341 Å². The van der Waals surface area contributed by atoms with Crippen LogP contribution in [0.2, 0.25) is 0 Å². The molecule has 0 amide bonds. The molecule has 1 atom stereocenters. The van der Waals surface area contributed by atoms with E-state index in [4.69, 9.17) is 14.2 Å². The van der Waals surface area contributed by atoms with Gasteiger partial charge in [-0.1, -0.05) is 287 Å². The Kier molecular flexibility index (Phi) is 60.2. The van der Waals surface area contributed by atoms with Crippen LogP contribution in [-0.2, 0) is 28.6 Å². The number of esters is 3. The summed E-state index contributed by atoms with van der Waals surface area (Å²) >= 11 is 0. The van der Waals surface area contributed by atoms with Gasteiger partial charge in [0.2, 0.25) is 0 Å². The van der Waals surface area contributed by atoms with Gasteiger partial charge in [-0.25, -0.2) is 0 Å². The molecule has 0 N–H and O–H groups in total. The lowest BCUT2D eigenvalue weighted by atomic mass is 10.0. The number of carbonyl (C=O) groups excluding carboxylic acids is 3. The smallest absolute Gasteiger partial charge is 0.306 e. The van der Waals surface area contributed by atoms with Crippen molar-refractivity contribution in [3.8, 4) is 0 Å². The highest BCUT2D eigenvalue weighted by atomic mass is 16.6. The Bertz CT molecular complexity index is 1330. The molecule has 0 radical (unpaired) electrons. The number of hydrogen-bond acceptors (Lipinski definition) is 6. The molecule has 6 nitrogen and oxygen atoms in total. The van der Waals surface area contributed by atoms with E-state index in [0.29, 0.717) is 19.3 Å². The van der Waals surface area contributed by atoms with E-state index in [1.165, 1.54) is 199 Å². The summed E-state index contributed by atoms with van der Waals surface area (Å²) in [6.07, 6.45) is 79.3. The van der Waals surface area contributed by atoms with Crippen molar-refractivity contribution >= 4 is 17.9 Å². The molecule has 0 saturated carbocycles. The lowest BCUT2D eigenvalue weighted by Gasteiger charge is -2.18. The molecule has 74 heavy (non-hydrogen) atoms. The molecule has 0 saturated heterocycles. The molecule has 0 heterocycles. The van der Waals surface area contributed by atoms with E-state index in [1.54, 1.807) is 0 Å². The van der Waals surface area contributed by atoms with Gasteiger partial charge in [-0.3, -0.25) is 14.4 Å². The number of rotatable bonds is 59. The molecule has 0 aliphatic carbocycles. The summed E-state index contributed by atoms with van der Waals surface area (Å²) in [4.78, 5) is 38.3. The number of unbranched alkanes of at least 4 members (excludes halogenated alkanes) is 38. The third kappa shape index (κ3) is 60.0. The normalized spacial score (nSPS) is 12.4. The van der Waals surface area contributed by atoms with E-state index >= 15 is 0 Å². The van der Waals surface area contributed by atoms with Crippen molar-refractivity contribution in [3.05, 3.63) is 60.8 Å². The number of allylic oxidation sites excluding steroid dienone is 10. The van der Waals surface area contributed by atoms with Gasteiger partial charge in [0, 0.05) is 19.3 Å². The summed E-state index contributed by atoms with van der Waals surface area (Å²) < 4.78 is 16.9. The Labute approximate surface area is 460 Å². The summed E-state index contributed by atoms with van der Waals surface area (Å²) in [6, 6.07) is 0. The standard InChI is InChI=1S/C68H122O6/c1-4-7-10-13-16-19-22-25-28-31-33-35-37-40-43-46-49-52-55-58-61-67(70)73-64-65(63-72-66(69)60-57-54-51-48-45-42-39-36-30-27-24-21-18-15-12-9-6-3)74-68(71)62-59-56-53-50-47-44-41-38-34-32-29-26-23-20-17-14-11-8-5-2/h17-18,20-21,26-27,29-30,34,38,65H,4-16,19,22-25,28,31-33,35-37,39-64H2,1-3H3/b20-17-,21-18-,29-26-,30-27-,38-34-. The van der Waals surface area contributed by atoms with E-state index in [0.717, 1.165) is 96.3 Å². The molecular formula is C68H122O6. The fraction of sp³-hybridized carbons (Fsp3) is 0.809. The molecule has 0 bridgehead atoms. The fourth-order valence-electron chi connectivity index (χ4n) is 9.36. The van der Waals surface area contributed by atoms with Crippen LogP contribution in [0.4, 0.5) is 0 Å². The van der Waals surface area contributed by atoms with E-state index in [-0.39, 0.29) is 31.1 Å². The van der Waals surface area contributed by atoms with Crippen molar-refractivity contribution in [3.63, 3.8) is 0 Å². The van der Waals surface area contributed by atoms with Crippen molar-refractivity contribution in [1.29, 1.82) is 0 Å². The van der Waals surface area contributed by atoms with Crippen molar-refractivity contribution in [1.82, 2.24) is 0 Å². The highest BCUT2D eigenvalue weighted by Crippen LogP contribution is 2.17. The predicted octanol–water partition coefficient (Wildman–Crippen LogP) is 21.9. The summed E-state index contributed by atoms with van der Waals surface area (Å²) in [5.74, 6) is -0.881. The molecule has 0 aromatic heterocycles. The molecule has 0 aromatic rings. The Balaban J connectivity index is 4.38. The van der Waals surface area contributed by atoms with Crippen LogP contribution in [-0.4, -0.2) is 37.2 Å². The van der Waals surface area contributed by atoms with Crippen LogP contribution in [0, 0.1) is 0 Å². The minimum absolute atomic E-state index is 0.0791. The molecule has 0 rings (SSSR count). The zero-order valence-electron chi connectivity index (χ0n) is 49.4. The van der Waals surface area contributed by atoms with Gasteiger partial charge in [0.15, 0.2) is 6.10 Å². The third-order valence-electron chi connectivity index (χ3n) is 14.2. The fourth-order valence-corrected chi connectivity index (χ4v) is 9.36. The van der Waals surface area contributed by atoms with Crippen molar-refractivity contribution in [2.75, 3.05) is 13.2 Å². The van der Waals surface area contributed by atoms with Crippen LogP contribution in [0.15, 0.2) is 60.8 Å². The van der Waals surface area contributed by atoms with E-state index in [2.05, 4.69) is 81.5 Å². The average molecular weight is 1040 g/mol. The summed E-state index contributed by atoms with van der Waals surface area (Å²) in [7, 11) is 0. The maximum absolute atomic E-state index is 12.9. The second-order valence-corrected chi connectivity index (χ2v) is 21.7. The van der Waals surface area contributed by atoms with Gasteiger partial charge in [0.25, 0.3) is 0 Å². The van der Waals surface area contributed by atoms with Crippen LogP contribution in [0.3, 0.4) is 0 Å². The molecule has 430 valence electrons. The van der Waals surface area contributed by atoms with Crippen LogP contribution >= 0.6 is 0 Å². The topological polar surface area (TPSA) is 78.9 Å². The van der Waals surface area contributed by atoms with Gasteiger partial charge in [0.05, 0.1) is 0 Å². The highest BCUT2D eigenvalue weighted by molar-refractivity contribution is 5.71. The van der Waals surface area contributed by atoms with Gasteiger partial charge in [0.1, 0.15) is 13.2 Å². The number of ether oxygens (including phenoxy) is 3. The van der Waals surface area contributed by atoms with E-state index < -0.39 is 6.10 Å². The first-order valence-electron chi connectivity index (χ1n) is 32.3. The summed E-state index contributed by atoms with van der Waals surface area (Å²) in [5, 5.41) is 0. The Morgan fingerprint density at radius 3 is 0.784 bits per heavy atom. The molecule has 0 aliphatic heterocycles. The zero-order chi connectivity index (χ0) is 53.6. The largest absolute Gasteiger partial charge is 0.462 e. The van der Waals surface area contributed by atoms with E-state index in [9.17, 15) is 14.4 Å². The second-order valence-electron chi connectivity index (χ2n) is 21.7.